The summed E-state index contributed by atoms with van der Waals surface area (Å²) in [5.41, 5.74) is 1.80. The lowest BCUT2D eigenvalue weighted by Gasteiger charge is -2.26. The zero-order chi connectivity index (χ0) is 15.5. The van der Waals surface area contributed by atoms with Crippen molar-refractivity contribution in [2.24, 2.45) is 0 Å². The van der Waals surface area contributed by atoms with E-state index in [9.17, 15) is 4.79 Å². The first-order valence-corrected chi connectivity index (χ1v) is 7.82. The molecule has 0 aromatic heterocycles. The van der Waals surface area contributed by atoms with Gasteiger partial charge in [-0.05, 0) is 57.1 Å². The Balaban J connectivity index is 2.04. The second-order valence-electron chi connectivity index (χ2n) is 6.02. The zero-order valence-corrected chi connectivity index (χ0v) is 13.7. The van der Waals surface area contributed by atoms with E-state index in [1.807, 2.05) is 29.2 Å². The fraction of sp³-hybridized carbons (Fsp3) is 0.500. The third-order valence-corrected chi connectivity index (χ3v) is 4.03. The summed E-state index contributed by atoms with van der Waals surface area (Å²) >= 11 is 5.35. The summed E-state index contributed by atoms with van der Waals surface area (Å²) in [6, 6.07) is 7.82. The lowest BCUT2D eigenvalue weighted by Crippen LogP contribution is -2.44. The summed E-state index contributed by atoms with van der Waals surface area (Å²) in [7, 11) is 0. The van der Waals surface area contributed by atoms with Crippen molar-refractivity contribution in [1.82, 2.24) is 5.32 Å². The Kier molecular flexibility index (Phi) is 4.83. The van der Waals surface area contributed by atoms with E-state index in [0.717, 1.165) is 30.8 Å². The highest BCUT2D eigenvalue weighted by molar-refractivity contribution is 7.80. The number of carbonyl (C=O) groups is 1. The first-order valence-electron chi connectivity index (χ1n) is 7.41. The van der Waals surface area contributed by atoms with Gasteiger partial charge in [0.15, 0.2) is 5.11 Å². The fourth-order valence-corrected chi connectivity index (χ4v) is 2.62. The molecule has 114 valence electrons. The van der Waals surface area contributed by atoms with Gasteiger partial charge in [-0.1, -0.05) is 13.0 Å². The Labute approximate surface area is 131 Å². The van der Waals surface area contributed by atoms with E-state index >= 15 is 0 Å². The molecule has 1 aromatic carbocycles. The van der Waals surface area contributed by atoms with Gasteiger partial charge in [0.05, 0.1) is 0 Å². The number of rotatable bonds is 4. The van der Waals surface area contributed by atoms with Crippen LogP contribution in [0.1, 0.15) is 40.0 Å². The van der Waals surface area contributed by atoms with Gasteiger partial charge < -0.3 is 15.5 Å². The molecule has 1 saturated heterocycles. The van der Waals surface area contributed by atoms with Crippen molar-refractivity contribution < 1.29 is 4.79 Å². The third-order valence-electron chi connectivity index (χ3n) is 3.82. The largest absolute Gasteiger partial charge is 0.358 e. The minimum atomic E-state index is -0.0351. The minimum absolute atomic E-state index is 0.0351. The number of nitrogens with one attached hydrogen (secondary N) is 2. The van der Waals surface area contributed by atoms with Gasteiger partial charge in [-0.25, -0.2) is 0 Å². The molecule has 0 radical (unpaired) electrons. The second-order valence-corrected chi connectivity index (χ2v) is 6.42. The number of hydrogen-bond donors (Lipinski definition) is 2. The SMILES string of the molecule is CCC(C)(C)NC(=S)Nc1cccc(N2CCCC2=O)c1. The molecule has 4 nitrogen and oxygen atoms in total. The second kappa shape index (κ2) is 6.43. The van der Waals surface area contributed by atoms with Gasteiger partial charge in [0.25, 0.3) is 0 Å². The molecule has 0 saturated carbocycles. The Hall–Kier alpha value is -1.62. The number of amides is 1. The number of carbonyl (C=O) groups excluding carboxylic acids is 1. The molecule has 0 spiro atoms. The highest BCUT2D eigenvalue weighted by Crippen LogP contribution is 2.24. The van der Waals surface area contributed by atoms with Crippen LogP contribution in [0.15, 0.2) is 24.3 Å². The first-order chi connectivity index (χ1) is 9.91. The third kappa shape index (κ3) is 4.17. The van der Waals surface area contributed by atoms with Gasteiger partial charge in [-0.2, -0.15) is 0 Å². The van der Waals surface area contributed by atoms with Crippen LogP contribution in [0, 0.1) is 0 Å². The number of thiocarbonyl (C=S) groups is 1. The van der Waals surface area contributed by atoms with Crippen LogP contribution in [0.3, 0.4) is 0 Å². The molecule has 1 aromatic rings. The smallest absolute Gasteiger partial charge is 0.227 e. The maximum Gasteiger partial charge on any atom is 0.227 e. The number of anilines is 2. The number of benzene rings is 1. The molecule has 21 heavy (non-hydrogen) atoms. The van der Waals surface area contributed by atoms with Crippen LogP contribution in [0.5, 0.6) is 0 Å². The van der Waals surface area contributed by atoms with E-state index in [4.69, 9.17) is 12.2 Å². The van der Waals surface area contributed by atoms with E-state index in [1.165, 1.54) is 0 Å². The minimum Gasteiger partial charge on any atom is -0.358 e. The quantitative estimate of drug-likeness (QED) is 0.838. The number of hydrogen-bond acceptors (Lipinski definition) is 2. The van der Waals surface area contributed by atoms with E-state index < -0.39 is 0 Å². The maximum atomic E-state index is 11.8. The summed E-state index contributed by atoms with van der Waals surface area (Å²) in [6.45, 7) is 7.14. The van der Waals surface area contributed by atoms with Crippen molar-refractivity contribution >= 4 is 34.6 Å². The topological polar surface area (TPSA) is 44.4 Å². The zero-order valence-electron chi connectivity index (χ0n) is 12.9. The van der Waals surface area contributed by atoms with Crippen molar-refractivity contribution in [1.29, 1.82) is 0 Å². The van der Waals surface area contributed by atoms with E-state index in [0.29, 0.717) is 11.5 Å². The van der Waals surface area contributed by atoms with Crippen LogP contribution in [0.4, 0.5) is 11.4 Å². The van der Waals surface area contributed by atoms with Gasteiger partial charge in [-0.3, -0.25) is 4.79 Å². The van der Waals surface area contributed by atoms with Gasteiger partial charge in [0.2, 0.25) is 5.91 Å². The Morgan fingerprint density at radius 1 is 1.43 bits per heavy atom. The van der Waals surface area contributed by atoms with Gasteiger partial charge >= 0.3 is 0 Å². The summed E-state index contributed by atoms with van der Waals surface area (Å²) < 4.78 is 0. The van der Waals surface area contributed by atoms with Gasteiger partial charge in [0.1, 0.15) is 0 Å². The highest BCUT2D eigenvalue weighted by atomic mass is 32.1. The molecular weight excluding hydrogens is 282 g/mol. The lowest BCUT2D eigenvalue weighted by molar-refractivity contribution is -0.117. The molecule has 5 heteroatoms. The van der Waals surface area contributed by atoms with E-state index in [1.54, 1.807) is 0 Å². The van der Waals surface area contributed by atoms with Crippen molar-refractivity contribution in [2.75, 3.05) is 16.8 Å². The van der Waals surface area contributed by atoms with Crippen molar-refractivity contribution in [2.45, 2.75) is 45.6 Å². The summed E-state index contributed by atoms with van der Waals surface area (Å²) in [4.78, 5) is 13.6. The molecule has 1 aliphatic heterocycles. The first kappa shape index (κ1) is 15.8. The molecule has 1 amide bonds. The highest BCUT2D eigenvalue weighted by Gasteiger charge is 2.22. The van der Waals surface area contributed by atoms with Crippen molar-refractivity contribution in [3.8, 4) is 0 Å². The Morgan fingerprint density at radius 3 is 2.81 bits per heavy atom. The van der Waals surface area contributed by atoms with Crippen LogP contribution in [0.25, 0.3) is 0 Å². The molecule has 1 heterocycles. The maximum absolute atomic E-state index is 11.8. The summed E-state index contributed by atoms with van der Waals surface area (Å²) in [5.74, 6) is 0.194. The van der Waals surface area contributed by atoms with Crippen LogP contribution in [-0.2, 0) is 4.79 Å². The van der Waals surface area contributed by atoms with Crippen molar-refractivity contribution in [3.63, 3.8) is 0 Å². The molecular formula is C16H23N3OS. The standard InChI is InChI=1S/C16H23N3OS/c1-4-16(2,3)18-15(21)17-12-7-5-8-13(11-12)19-10-6-9-14(19)20/h5,7-8,11H,4,6,9-10H2,1-3H3,(H2,17,18,21). The van der Waals surface area contributed by atoms with Crippen LogP contribution in [0.2, 0.25) is 0 Å². The normalized spacial score (nSPS) is 15.2. The fourth-order valence-electron chi connectivity index (χ4n) is 2.23. The van der Waals surface area contributed by atoms with E-state index in [-0.39, 0.29) is 11.4 Å². The van der Waals surface area contributed by atoms with Gasteiger partial charge in [0, 0.05) is 29.9 Å². The molecule has 2 rings (SSSR count). The average molecular weight is 305 g/mol. The molecule has 0 aliphatic carbocycles. The molecule has 2 N–H and O–H groups in total. The van der Waals surface area contributed by atoms with E-state index in [2.05, 4.69) is 31.4 Å². The predicted molar refractivity (Wildman–Crippen MR) is 91.8 cm³/mol. The predicted octanol–water partition coefficient (Wildman–Crippen LogP) is 3.29. The van der Waals surface area contributed by atoms with Crippen LogP contribution < -0.4 is 15.5 Å². The lowest BCUT2D eigenvalue weighted by atomic mass is 10.0. The Bertz CT molecular complexity index is 542. The molecule has 1 fully saturated rings. The molecule has 0 unspecified atom stereocenters. The Morgan fingerprint density at radius 2 is 2.19 bits per heavy atom. The van der Waals surface area contributed by atoms with Crippen LogP contribution >= 0.6 is 12.2 Å². The molecule has 0 bridgehead atoms. The van der Waals surface area contributed by atoms with Crippen LogP contribution in [-0.4, -0.2) is 23.1 Å². The average Bonchev–Trinajstić information content (AvgIpc) is 2.84. The van der Waals surface area contributed by atoms with Crippen molar-refractivity contribution in [3.05, 3.63) is 24.3 Å². The summed E-state index contributed by atoms with van der Waals surface area (Å²) in [5, 5.41) is 7.09. The van der Waals surface area contributed by atoms with Gasteiger partial charge in [-0.15, -0.1) is 0 Å². The monoisotopic (exact) mass is 305 g/mol. The summed E-state index contributed by atoms with van der Waals surface area (Å²) in [6.07, 6.45) is 2.56. The molecule has 0 atom stereocenters. The molecule has 1 aliphatic rings. The number of nitrogens with zero attached hydrogens (tertiary/aromatic N) is 1.